The Bertz CT molecular complexity index is 588. The Morgan fingerprint density at radius 3 is 2.72 bits per heavy atom. The van der Waals surface area contributed by atoms with Crippen LogP contribution in [-0.2, 0) is 5.88 Å². The molecule has 94 valence electrons. The minimum absolute atomic E-state index is 0.363. The average molecular weight is 282 g/mol. The van der Waals surface area contributed by atoms with E-state index in [-0.39, 0.29) is 0 Å². The van der Waals surface area contributed by atoms with E-state index in [4.69, 9.17) is 23.2 Å². The van der Waals surface area contributed by atoms with Gasteiger partial charge in [0.05, 0.1) is 11.6 Å². The topological polar surface area (TPSA) is 30.7 Å². The monoisotopic (exact) mass is 281 g/mol. The SMILES string of the molecule is Cc1cc(Cl)ccc1-n1c(CCl)nnc1C1CC1. The van der Waals surface area contributed by atoms with Crippen LogP contribution in [0.15, 0.2) is 18.2 Å². The van der Waals surface area contributed by atoms with E-state index in [1.807, 2.05) is 25.1 Å². The van der Waals surface area contributed by atoms with E-state index in [9.17, 15) is 0 Å². The minimum Gasteiger partial charge on any atom is -0.281 e. The van der Waals surface area contributed by atoms with Gasteiger partial charge in [-0.2, -0.15) is 0 Å². The molecule has 0 atom stereocenters. The van der Waals surface area contributed by atoms with E-state index in [0.29, 0.717) is 11.8 Å². The Morgan fingerprint density at radius 2 is 2.11 bits per heavy atom. The molecule has 1 aromatic carbocycles. The van der Waals surface area contributed by atoms with E-state index in [0.717, 1.165) is 27.9 Å². The lowest BCUT2D eigenvalue weighted by Gasteiger charge is -2.12. The summed E-state index contributed by atoms with van der Waals surface area (Å²) in [7, 11) is 0. The van der Waals surface area contributed by atoms with Gasteiger partial charge < -0.3 is 0 Å². The van der Waals surface area contributed by atoms with Crippen molar-refractivity contribution >= 4 is 23.2 Å². The van der Waals surface area contributed by atoms with Crippen molar-refractivity contribution in [2.75, 3.05) is 0 Å². The summed E-state index contributed by atoms with van der Waals surface area (Å²) in [6.07, 6.45) is 2.38. The van der Waals surface area contributed by atoms with Crippen LogP contribution in [0, 0.1) is 6.92 Å². The van der Waals surface area contributed by atoms with Gasteiger partial charge in [0.2, 0.25) is 0 Å². The van der Waals surface area contributed by atoms with Gasteiger partial charge in [-0.25, -0.2) is 0 Å². The molecule has 1 saturated carbocycles. The summed E-state index contributed by atoms with van der Waals surface area (Å²) in [5, 5.41) is 9.21. The first kappa shape index (κ1) is 12.0. The van der Waals surface area contributed by atoms with Gasteiger partial charge in [0, 0.05) is 10.9 Å². The summed E-state index contributed by atoms with van der Waals surface area (Å²) < 4.78 is 2.08. The molecule has 5 heteroatoms. The van der Waals surface area contributed by atoms with Crippen molar-refractivity contribution in [1.82, 2.24) is 14.8 Å². The number of aromatic nitrogens is 3. The van der Waals surface area contributed by atoms with E-state index in [1.54, 1.807) is 0 Å². The van der Waals surface area contributed by atoms with Gasteiger partial charge in [-0.1, -0.05) is 11.6 Å². The fourth-order valence-electron chi connectivity index (χ4n) is 2.16. The zero-order valence-corrected chi connectivity index (χ0v) is 11.5. The molecular weight excluding hydrogens is 269 g/mol. The van der Waals surface area contributed by atoms with Gasteiger partial charge in [0.15, 0.2) is 5.82 Å². The molecule has 1 aromatic heterocycles. The molecule has 3 rings (SSSR count). The van der Waals surface area contributed by atoms with Crippen molar-refractivity contribution in [3.8, 4) is 5.69 Å². The highest BCUT2D eigenvalue weighted by atomic mass is 35.5. The molecule has 1 fully saturated rings. The fourth-order valence-corrected chi connectivity index (χ4v) is 2.55. The molecule has 1 heterocycles. The molecule has 1 aliphatic rings. The molecule has 0 bridgehead atoms. The molecule has 0 unspecified atom stereocenters. The van der Waals surface area contributed by atoms with E-state index in [2.05, 4.69) is 14.8 Å². The molecule has 0 radical (unpaired) electrons. The highest BCUT2D eigenvalue weighted by molar-refractivity contribution is 6.30. The number of nitrogens with zero attached hydrogens (tertiary/aromatic N) is 3. The standard InChI is InChI=1S/C13H13Cl2N3/c1-8-6-10(15)4-5-11(8)18-12(7-14)16-17-13(18)9-2-3-9/h4-6,9H,2-3,7H2,1H3. The smallest absolute Gasteiger partial charge is 0.152 e. The number of rotatable bonds is 3. The first-order chi connectivity index (χ1) is 8.70. The zero-order chi connectivity index (χ0) is 12.7. The highest BCUT2D eigenvalue weighted by Gasteiger charge is 2.31. The quantitative estimate of drug-likeness (QED) is 0.801. The van der Waals surface area contributed by atoms with Crippen molar-refractivity contribution in [3.05, 3.63) is 40.4 Å². The fraction of sp³-hybridized carbons (Fsp3) is 0.385. The summed E-state index contributed by atoms with van der Waals surface area (Å²) in [5.74, 6) is 2.71. The number of aryl methyl sites for hydroxylation is 1. The summed E-state index contributed by atoms with van der Waals surface area (Å²) >= 11 is 12.0. The second-order valence-corrected chi connectivity index (χ2v) is 5.35. The van der Waals surface area contributed by atoms with Crippen LogP contribution in [0.2, 0.25) is 5.02 Å². The molecule has 18 heavy (non-hydrogen) atoms. The molecule has 0 N–H and O–H groups in total. The van der Waals surface area contributed by atoms with Crippen LogP contribution in [0.5, 0.6) is 0 Å². The Labute approximate surface area is 116 Å². The zero-order valence-electron chi connectivity index (χ0n) is 10.0. The van der Waals surface area contributed by atoms with Gasteiger partial charge in [-0.15, -0.1) is 21.8 Å². The van der Waals surface area contributed by atoms with Crippen LogP contribution >= 0.6 is 23.2 Å². The van der Waals surface area contributed by atoms with Crippen LogP contribution in [0.1, 0.15) is 36.0 Å². The number of halogens is 2. The van der Waals surface area contributed by atoms with Crippen molar-refractivity contribution < 1.29 is 0 Å². The maximum absolute atomic E-state index is 6.00. The van der Waals surface area contributed by atoms with Crippen LogP contribution in [0.25, 0.3) is 5.69 Å². The van der Waals surface area contributed by atoms with E-state index < -0.39 is 0 Å². The highest BCUT2D eigenvalue weighted by Crippen LogP contribution is 2.40. The number of benzene rings is 1. The van der Waals surface area contributed by atoms with Crippen LogP contribution in [0.3, 0.4) is 0 Å². The largest absolute Gasteiger partial charge is 0.281 e. The maximum Gasteiger partial charge on any atom is 0.152 e. The third kappa shape index (κ3) is 2.02. The lowest BCUT2D eigenvalue weighted by molar-refractivity contribution is 0.853. The number of hydrogen-bond acceptors (Lipinski definition) is 2. The summed E-state index contributed by atoms with van der Waals surface area (Å²) in [4.78, 5) is 0. The predicted molar refractivity (Wildman–Crippen MR) is 72.6 cm³/mol. The van der Waals surface area contributed by atoms with Crippen molar-refractivity contribution in [3.63, 3.8) is 0 Å². The molecule has 0 amide bonds. The number of alkyl halides is 1. The van der Waals surface area contributed by atoms with Gasteiger partial charge in [0.25, 0.3) is 0 Å². The Balaban J connectivity index is 2.17. The molecule has 2 aromatic rings. The second-order valence-electron chi connectivity index (χ2n) is 4.65. The molecule has 3 nitrogen and oxygen atoms in total. The van der Waals surface area contributed by atoms with Crippen LogP contribution in [-0.4, -0.2) is 14.8 Å². The molecule has 1 aliphatic carbocycles. The summed E-state index contributed by atoms with van der Waals surface area (Å²) in [5.41, 5.74) is 2.18. The first-order valence-corrected chi connectivity index (χ1v) is 6.88. The second kappa shape index (κ2) is 4.56. The normalized spacial score (nSPS) is 15.1. The van der Waals surface area contributed by atoms with Gasteiger partial charge >= 0.3 is 0 Å². The van der Waals surface area contributed by atoms with Gasteiger partial charge in [-0.3, -0.25) is 4.57 Å². The summed E-state index contributed by atoms with van der Waals surface area (Å²) in [6, 6.07) is 5.84. The minimum atomic E-state index is 0.363. The lowest BCUT2D eigenvalue weighted by Crippen LogP contribution is -2.05. The third-order valence-corrected chi connectivity index (χ3v) is 3.69. The third-order valence-electron chi connectivity index (χ3n) is 3.22. The average Bonchev–Trinajstić information content (AvgIpc) is 3.10. The van der Waals surface area contributed by atoms with Crippen LogP contribution < -0.4 is 0 Å². The van der Waals surface area contributed by atoms with Crippen molar-refractivity contribution in [2.24, 2.45) is 0 Å². The van der Waals surface area contributed by atoms with Gasteiger partial charge in [-0.05, 0) is 43.5 Å². The maximum atomic E-state index is 6.00. The number of hydrogen-bond donors (Lipinski definition) is 0. The predicted octanol–water partition coefficient (Wildman–Crippen LogP) is 3.85. The van der Waals surface area contributed by atoms with E-state index >= 15 is 0 Å². The van der Waals surface area contributed by atoms with Gasteiger partial charge in [0.1, 0.15) is 5.82 Å². The Morgan fingerprint density at radius 1 is 1.33 bits per heavy atom. The molecule has 0 saturated heterocycles. The Kier molecular flexibility index (Phi) is 3.04. The molecule has 0 aliphatic heterocycles. The van der Waals surface area contributed by atoms with E-state index in [1.165, 1.54) is 12.8 Å². The molecular formula is C13H13Cl2N3. The Hall–Kier alpha value is -1.06. The van der Waals surface area contributed by atoms with Crippen molar-refractivity contribution in [1.29, 1.82) is 0 Å². The molecule has 0 spiro atoms. The lowest BCUT2D eigenvalue weighted by atomic mass is 10.2. The first-order valence-electron chi connectivity index (χ1n) is 5.97. The summed E-state index contributed by atoms with van der Waals surface area (Å²) in [6.45, 7) is 2.04. The van der Waals surface area contributed by atoms with Crippen molar-refractivity contribution in [2.45, 2.75) is 31.6 Å². The van der Waals surface area contributed by atoms with Crippen LogP contribution in [0.4, 0.5) is 0 Å².